The van der Waals surface area contributed by atoms with Crippen LogP contribution < -0.4 is 0 Å². The van der Waals surface area contributed by atoms with E-state index in [0.29, 0.717) is 0 Å². The van der Waals surface area contributed by atoms with Crippen molar-refractivity contribution in [3.63, 3.8) is 0 Å². The zero-order chi connectivity index (χ0) is 9.84. The van der Waals surface area contributed by atoms with E-state index in [1.165, 1.54) is 25.1 Å². The number of benzene rings is 1. The highest BCUT2D eigenvalue weighted by Crippen LogP contribution is 2.13. The summed E-state index contributed by atoms with van der Waals surface area (Å²) in [6.45, 7) is 3.32. The molecule has 0 radical (unpaired) electrons. The first-order valence-electron chi connectivity index (χ1n) is 4.04. The van der Waals surface area contributed by atoms with Crippen LogP contribution in [0.3, 0.4) is 0 Å². The number of carbonyl (C=O) groups excluding carboxylic acids is 1. The largest absolute Gasteiger partial charge is 0.295 e. The second-order valence-corrected chi connectivity index (χ2v) is 2.94. The molecule has 1 aromatic carbocycles. The third-order valence-corrected chi connectivity index (χ3v) is 1.72. The molecule has 0 spiro atoms. The summed E-state index contributed by atoms with van der Waals surface area (Å²) in [5, 5.41) is 0. The Morgan fingerprint density at radius 2 is 1.77 bits per heavy atom. The van der Waals surface area contributed by atoms with Gasteiger partial charge < -0.3 is 0 Å². The van der Waals surface area contributed by atoms with Crippen molar-refractivity contribution in [2.75, 3.05) is 0 Å². The summed E-state index contributed by atoms with van der Waals surface area (Å²) in [5.74, 6) is -0.263. The molecular formula is C11H11FO. The Kier molecular flexibility index (Phi) is 2.96. The Hall–Kier alpha value is -1.44. The summed E-state index contributed by atoms with van der Waals surface area (Å²) < 4.78 is 12.5. The maximum Gasteiger partial charge on any atom is 0.152 e. The van der Waals surface area contributed by atoms with Gasteiger partial charge in [-0.25, -0.2) is 4.39 Å². The Balaban J connectivity index is 2.96. The fourth-order valence-electron chi connectivity index (χ4n) is 1.10. The Bertz CT molecular complexity index is 336. The number of allylic oxidation sites excluding steroid dienone is 2. The van der Waals surface area contributed by atoms with Crippen LogP contribution in [0.1, 0.15) is 19.4 Å². The van der Waals surface area contributed by atoms with Crippen molar-refractivity contribution in [3.05, 3.63) is 41.7 Å². The van der Waals surface area contributed by atoms with Crippen molar-refractivity contribution in [2.24, 2.45) is 0 Å². The van der Waals surface area contributed by atoms with Gasteiger partial charge in [-0.3, -0.25) is 4.79 Å². The lowest BCUT2D eigenvalue weighted by atomic mass is 10.1. The number of halogens is 1. The number of rotatable bonds is 2. The van der Waals surface area contributed by atoms with Gasteiger partial charge >= 0.3 is 0 Å². The first-order valence-corrected chi connectivity index (χ1v) is 4.04. The van der Waals surface area contributed by atoms with Crippen LogP contribution in [0.25, 0.3) is 5.57 Å². The molecule has 0 saturated carbocycles. The molecule has 0 heterocycles. The minimum Gasteiger partial charge on any atom is -0.295 e. The Morgan fingerprint density at radius 3 is 2.23 bits per heavy atom. The van der Waals surface area contributed by atoms with Crippen LogP contribution in [0.2, 0.25) is 0 Å². The van der Waals surface area contributed by atoms with Gasteiger partial charge in [0.15, 0.2) is 5.78 Å². The van der Waals surface area contributed by atoms with E-state index < -0.39 is 0 Å². The maximum atomic E-state index is 12.5. The topological polar surface area (TPSA) is 17.1 Å². The summed E-state index contributed by atoms with van der Waals surface area (Å²) >= 11 is 0. The highest BCUT2D eigenvalue weighted by atomic mass is 19.1. The predicted octanol–water partition coefficient (Wildman–Crippen LogP) is 2.82. The van der Waals surface area contributed by atoms with Crippen LogP contribution in [0.15, 0.2) is 30.3 Å². The molecule has 0 aliphatic rings. The molecule has 0 aromatic heterocycles. The van der Waals surface area contributed by atoms with Crippen molar-refractivity contribution >= 4 is 11.4 Å². The number of hydrogen-bond donors (Lipinski definition) is 0. The normalized spacial score (nSPS) is 11.5. The minimum absolute atomic E-state index is 0.00169. The third-order valence-electron chi connectivity index (χ3n) is 1.72. The fraction of sp³-hybridized carbons (Fsp3) is 0.182. The van der Waals surface area contributed by atoms with E-state index in [9.17, 15) is 9.18 Å². The quantitative estimate of drug-likeness (QED) is 0.636. The second kappa shape index (κ2) is 3.99. The SMILES string of the molecule is CC(=O)C=C(C)c1ccc(F)cc1. The first-order chi connectivity index (χ1) is 6.09. The Morgan fingerprint density at radius 1 is 1.23 bits per heavy atom. The molecular weight excluding hydrogens is 167 g/mol. The van der Waals surface area contributed by atoms with Crippen molar-refractivity contribution in [1.82, 2.24) is 0 Å². The van der Waals surface area contributed by atoms with Crippen molar-refractivity contribution in [1.29, 1.82) is 0 Å². The van der Waals surface area contributed by atoms with E-state index in [0.717, 1.165) is 11.1 Å². The van der Waals surface area contributed by atoms with Crippen molar-refractivity contribution in [2.45, 2.75) is 13.8 Å². The molecule has 0 amide bonds. The lowest BCUT2D eigenvalue weighted by Gasteiger charge is -1.99. The van der Waals surface area contributed by atoms with Crippen LogP contribution in [0, 0.1) is 5.82 Å². The van der Waals surface area contributed by atoms with Gasteiger partial charge in [0.05, 0.1) is 0 Å². The molecule has 68 valence electrons. The smallest absolute Gasteiger partial charge is 0.152 e. The van der Waals surface area contributed by atoms with Crippen LogP contribution in [-0.2, 0) is 4.79 Å². The lowest BCUT2D eigenvalue weighted by molar-refractivity contribution is -0.112. The molecule has 0 aliphatic heterocycles. The average molecular weight is 178 g/mol. The van der Waals surface area contributed by atoms with Gasteiger partial charge in [-0.05, 0) is 43.2 Å². The average Bonchev–Trinajstić information content (AvgIpc) is 2.04. The van der Waals surface area contributed by atoms with E-state index in [1.807, 2.05) is 6.92 Å². The lowest BCUT2D eigenvalue weighted by Crippen LogP contribution is -1.86. The summed E-state index contributed by atoms with van der Waals surface area (Å²) in [6.07, 6.45) is 1.53. The number of ketones is 1. The van der Waals surface area contributed by atoms with E-state index >= 15 is 0 Å². The molecule has 1 aromatic rings. The van der Waals surface area contributed by atoms with Crippen molar-refractivity contribution in [3.8, 4) is 0 Å². The summed E-state index contributed by atoms with van der Waals surface area (Å²) in [4.78, 5) is 10.7. The molecule has 0 unspecified atom stereocenters. The van der Waals surface area contributed by atoms with Gasteiger partial charge in [0.25, 0.3) is 0 Å². The molecule has 0 atom stereocenters. The van der Waals surface area contributed by atoms with Gasteiger partial charge in [-0.1, -0.05) is 12.1 Å². The summed E-state index contributed by atoms with van der Waals surface area (Å²) in [6, 6.07) is 6.08. The molecule has 0 bridgehead atoms. The molecule has 0 saturated heterocycles. The molecule has 0 aliphatic carbocycles. The maximum absolute atomic E-state index is 12.5. The summed E-state index contributed by atoms with van der Waals surface area (Å²) in [5.41, 5.74) is 1.73. The third kappa shape index (κ3) is 2.82. The zero-order valence-corrected chi connectivity index (χ0v) is 7.67. The monoisotopic (exact) mass is 178 g/mol. The second-order valence-electron chi connectivity index (χ2n) is 2.94. The van der Waals surface area contributed by atoms with Crippen LogP contribution in [0.4, 0.5) is 4.39 Å². The van der Waals surface area contributed by atoms with E-state index in [-0.39, 0.29) is 11.6 Å². The van der Waals surface area contributed by atoms with Crippen LogP contribution in [-0.4, -0.2) is 5.78 Å². The van der Waals surface area contributed by atoms with Gasteiger partial charge in [0, 0.05) is 0 Å². The van der Waals surface area contributed by atoms with Crippen LogP contribution >= 0.6 is 0 Å². The molecule has 0 fully saturated rings. The number of hydrogen-bond acceptors (Lipinski definition) is 1. The number of carbonyl (C=O) groups is 1. The minimum atomic E-state index is -0.264. The highest BCUT2D eigenvalue weighted by Gasteiger charge is 1.96. The van der Waals surface area contributed by atoms with Crippen LogP contribution in [0.5, 0.6) is 0 Å². The zero-order valence-electron chi connectivity index (χ0n) is 7.67. The molecule has 1 rings (SSSR count). The van der Waals surface area contributed by atoms with E-state index in [2.05, 4.69) is 0 Å². The summed E-state index contributed by atoms with van der Waals surface area (Å²) in [7, 11) is 0. The van der Waals surface area contributed by atoms with Gasteiger partial charge in [-0.2, -0.15) is 0 Å². The fourth-order valence-corrected chi connectivity index (χ4v) is 1.10. The van der Waals surface area contributed by atoms with Gasteiger partial charge in [0.2, 0.25) is 0 Å². The standard InChI is InChI=1S/C11H11FO/c1-8(7-9(2)13)10-3-5-11(12)6-4-10/h3-7H,1-2H3. The molecule has 2 heteroatoms. The first kappa shape index (κ1) is 9.65. The Labute approximate surface area is 76.9 Å². The van der Waals surface area contributed by atoms with E-state index in [4.69, 9.17) is 0 Å². The van der Waals surface area contributed by atoms with E-state index in [1.54, 1.807) is 12.1 Å². The molecule has 13 heavy (non-hydrogen) atoms. The highest BCUT2D eigenvalue weighted by molar-refractivity contribution is 5.94. The van der Waals surface area contributed by atoms with Gasteiger partial charge in [-0.15, -0.1) is 0 Å². The molecule has 1 nitrogen and oxygen atoms in total. The molecule has 0 N–H and O–H groups in total. The predicted molar refractivity (Wildman–Crippen MR) is 50.7 cm³/mol. The van der Waals surface area contributed by atoms with Gasteiger partial charge in [0.1, 0.15) is 5.82 Å². The van der Waals surface area contributed by atoms with Crippen molar-refractivity contribution < 1.29 is 9.18 Å².